The highest BCUT2D eigenvalue weighted by atomic mass is 35.5. The molecule has 5 nitrogen and oxygen atoms in total. The van der Waals surface area contributed by atoms with E-state index in [-0.39, 0.29) is 22.4 Å². The van der Waals surface area contributed by atoms with E-state index in [1.165, 1.54) is 30.0 Å². The van der Waals surface area contributed by atoms with Crippen molar-refractivity contribution in [2.24, 2.45) is 0 Å². The molecule has 0 radical (unpaired) electrons. The quantitative estimate of drug-likeness (QED) is 0.591. The second-order valence-corrected chi connectivity index (χ2v) is 8.17. The van der Waals surface area contributed by atoms with Crippen LogP contribution in [0.4, 0.5) is 10.1 Å². The van der Waals surface area contributed by atoms with E-state index in [1.54, 1.807) is 11.3 Å². The number of aromatic nitrogens is 3. The molecule has 1 aliphatic carbocycles. The summed E-state index contributed by atoms with van der Waals surface area (Å²) < 4.78 is 15.9. The molecule has 3 aromatic rings. The Morgan fingerprint density at radius 3 is 2.92 bits per heavy atom. The Labute approximate surface area is 162 Å². The van der Waals surface area contributed by atoms with Gasteiger partial charge in [-0.25, -0.2) is 4.39 Å². The molecule has 1 saturated carbocycles. The van der Waals surface area contributed by atoms with Crippen LogP contribution in [0.1, 0.15) is 18.9 Å². The number of thiophene rings is 1. The summed E-state index contributed by atoms with van der Waals surface area (Å²) >= 11 is 8.63. The van der Waals surface area contributed by atoms with E-state index in [2.05, 4.69) is 20.1 Å². The first-order valence-electron chi connectivity index (χ1n) is 7.98. The highest BCUT2D eigenvalue weighted by Crippen LogP contribution is 2.41. The van der Waals surface area contributed by atoms with Crippen molar-refractivity contribution >= 4 is 46.3 Å². The second kappa shape index (κ2) is 7.38. The molecule has 1 N–H and O–H groups in total. The van der Waals surface area contributed by atoms with Gasteiger partial charge >= 0.3 is 0 Å². The molecule has 1 fully saturated rings. The minimum absolute atomic E-state index is 0.114. The molecule has 0 unspecified atom stereocenters. The van der Waals surface area contributed by atoms with Gasteiger partial charge in [0.15, 0.2) is 11.0 Å². The van der Waals surface area contributed by atoms with Crippen molar-refractivity contribution in [1.29, 1.82) is 0 Å². The fourth-order valence-electron chi connectivity index (χ4n) is 2.52. The Morgan fingerprint density at radius 2 is 2.23 bits per heavy atom. The van der Waals surface area contributed by atoms with Crippen LogP contribution in [0.5, 0.6) is 0 Å². The van der Waals surface area contributed by atoms with E-state index >= 15 is 0 Å². The summed E-state index contributed by atoms with van der Waals surface area (Å²) in [7, 11) is 0. The first kappa shape index (κ1) is 17.5. The van der Waals surface area contributed by atoms with Crippen molar-refractivity contribution in [3.63, 3.8) is 0 Å². The van der Waals surface area contributed by atoms with E-state index in [4.69, 9.17) is 11.6 Å². The number of nitrogens with zero attached hydrogens (tertiary/aromatic N) is 3. The summed E-state index contributed by atoms with van der Waals surface area (Å²) in [5, 5.41) is 14.1. The maximum Gasteiger partial charge on any atom is 0.234 e. The lowest BCUT2D eigenvalue weighted by Gasteiger charge is -2.08. The van der Waals surface area contributed by atoms with Gasteiger partial charge in [0.2, 0.25) is 5.91 Å². The number of halogens is 2. The lowest BCUT2D eigenvalue weighted by atomic mass is 10.3. The zero-order valence-corrected chi connectivity index (χ0v) is 15.9. The molecule has 1 aliphatic rings. The van der Waals surface area contributed by atoms with Gasteiger partial charge in [0.1, 0.15) is 5.82 Å². The molecule has 0 spiro atoms. The van der Waals surface area contributed by atoms with Crippen molar-refractivity contribution in [3.8, 4) is 10.7 Å². The van der Waals surface area contributed by atoms with E-state index in [9.17, 15) is 9.18 Å². The molecule has 134 valence electrons. The van der Waals surface area contributed by atoms with Crippen LogP contribution in [0.3, 0.4) is 0 Å². The van der Waals surface area contributed by atoms with Gasteiger partial charge in [-0.3, -0.25) is 9.36 Å². The zero-order chi connectivity index (χ0) is 18.1. The molecule has 0 atom stereocenters. The highest BCUT2D eigenvalue weighted by molar-refractivity contribution is 7.99. The molecule has 1 amide bonds. The van der Waals surface area contributed by atoms with Gasteiger partial charge < -0.3 is 5.32 Å². The number of nitrogens with one attached hydrogen (secondary N) is 1. The molecule has 4 rings (SSSR count). The van der Waals surface area contributed by atoms with Crippen LogP contribution in [0.25, 0.3) is 10.7 Å². The predicted octanol–water partition coefficient (Wildman–Crippen LogP) is 4.86. The smallest absolute Gasteiger partial charge is 0.234 e. The third-order valence-corrected chi connectivity index (χ3v) is 5.90. The van der Waals surface area contributed by atoms with Gasteiger partial charge in [-0.05, 0) is 42.5 Å². The van der Waals surface area contributed by atoms with Crippen LogP contribution < -0.4 is 5.32 Å². The van der Waals surface area contributed by atoms with Gasteiger partial charge in [0, 0.05) is 11.1 Å². The maximum absolute atomic E-state index is 13.8. The Bertz CT molecular complexity index is 940. The number of thioether (sulfide) groups is 1. The van der Waals surface area contributed by atoms with Crippen LogP contribution >= 0.6 is 34.7 Å². The van der Waals surface area contributed by atoms with Crippen molar-refractivity contribution in [2.75, 3.05) is 11.1 Å². The SMILES string of the molecule is O=C(CSc1nnc(-c2cccs2)n1C1CC1)Nc1ccc(Cl)cc1F. The largest absolute Gasteiger partial charge is 0.323 e. The average molecular weight is 409 g/mol. The van der Waals surface area contributed by atoms with E-state index in [1.807, 2.05) is 17.5 Å². The number of carbonyl (C=O) groups is 1. The Balaban J connectivity index is 1.45. The molecule has 2 heterocycles. The number of hydrogen-bond acceptors (Lipinski definition) is 5. The molecular weight excluding hydrogens is 395 g/mol. The number of carbonyl (C=O) groups excluding carboxylic acids is 1. The zero-order valence-electron chi connectivity index (χ0n) is 13.5. The highest BCUT2D eigenvalue weighted by Gasteiger charge is 2.30. The second-order valence-electron chi connectivity index (χ2n) is 5.85. The summed E-state index contributed by atoms with van der Waals surface area (Å²) in [5.74, 6) is 0.0996. The molecule has 0 saturated heterocycles. The van der Waals surface area contributed by atoms with Gasteiger partial charge in [-0.1, -0.05) is 29.4 Å². The van der Waals surface area contributed by atoms with E-state index in [0.29, 0.717) is 11.2 Å². The van der Waals surface area contributed by atoms with E-state index in [0.717, 1.165) is 23.5 Å². The third kappa shape index (κ3) is 3.77. The maximum atomic E-state index is 13.8. The molecule has 0 bridgehead atoms. The van der Waals surface area contributed by atoms with Crippen molar-refractivity contribution < 1.29 is 9.18 Å². The Morgan fingerprint density at radius 1 is 1.38 bits per heavy atom. The van der Waals surface area contributed by atoms with Gasteiger partial charge in [0.05, 0.1) is 16.3 Å². The van der Waals surface area contributed by atoms with Crippen molar-refractivity contribution in [2.45, 2.75) is 24.0 Å². The normalized spacial score (nSPS) is 13.8. The fraction of sp³-hybridized carbons (Fsp3) is 0.235. The lowest BCUT2D eigenvalue weighted by molar-refractivity contribution is -0.113. The van der Waals surface area contributed by atoms with Crippen LogP contribution in [0.2, 0.25) is 5.02 Å². The number of rotatable bonds is 6. The summed E-state index contributed by atoms with van der Waals surface area (Å²) in [6.07, 6.45) is 2.18. The molecule has 1 aromatic carbocycles. The molecule has 9 heteroatoms. The predicted molar refractivity (Wildman–Crippen MR) is 102 cm³/mol. The summed E-state index contributed by atoms with van der Waals surface area (Å²) in [6.45, 7) is 0. The average Bonchev–Trinajstić information content (AvgIpc) is 3.14. The van der Waals surface area contributed by atoms with Crippen LogP contribution in [-0.4, -0.2) is 26.4 Å². The molecular formula is C17H14ClFN4OS2. The standard InChI is InChI=1S/C17H14ClFN4OS2/c18-10-3-6-13(12(19)8-10)20-15(24)9-26-17-22-21-16(14-2-1-7-25-14)23(17)11-4-5-11/h1-3,6-8,11H,4-5,9H2,(H,20,24). The molecule has 2 aromatic heterocycles. The van der Waals surface area contributed by atoms with Crippen LogP contribution in [0, 0.1) is 5.82 Å². The van der Waals surface area contributed by atoms with Crippen molar-refractivity contribution in [3.05, 3.63) is 46.6 Å². The minimum atomic E-state index is -0.558. The topological polar surface area (TPSA) is 59.8 Å². The molecule has 26 heavy (non-hydrogen) atoms. The van der Waals surface area contributed by atoms with Crippen molar-refractivity contribution in [1.82, 2.24) is 14.8 Å². The summed E-state index contributed by atoms with van der Waals surface area (Å²) in [4.78, 5) is 13.2. The fourth-order valence-corrected chi connectivity index (χ4v) is 4.19. The summed E-state index contributed by atoms with van der Waals surface area (Å²) in [5.41, 5.74) is 0.114. The Kier molecular flexibility index (Phi) is 4.97. The Hall–Kier alpha value is -1.90. The van der Waals surface area contributed by atoms with Gasteiger partial charge in [-0.2, -0.15) is 0 Å². The minimum Gasteiger partial charge on any atom is -0.323 e. The van der Waals surface area contributed by atoms with Crippen LogP contribution in [-0.2, 0) is 4.79 Å². The number of amides is 1. The summed E-state index contributed by atoms with van der Waals surface area (Å²) in [6, 6.07) is 8.53. The monoisotopic (exact) mass is 408 g/mol. The number of benzene rings is 1. The third-order valence-electron chi connectivity index (χ3n) is 3.86. The molecule has 0 aliphatic heterocycles. The van der Waals surface area contributed by atoms with Crippen LogP contribution in [0.15, 0.2) is 40.9 Å². The first-order valence-corrected chi connectivity index (χ1v) is 10.2. The van der Waals surface area contributed by atoms with Gasteiger partial charge in [-0.15, -0.1) is 21.5 Å². The van der Waals surface area contributed by atoms with Gasteiger partial charge in [0.25, 0.3) is 0 Å². The van der Waals surface area contributed by atoms with E-state index < -0.39 is 5.82 Å². The first-order chi connectivity index (χ1) is 12.6. The number of anilines is 1. The lowest BCUT2D eigenvalue weighted by Crippen LogP contribution is -2.15. The number of hydrogen-bond donors (Lipinski definition) is 1.